The molecule has 2 unspecified atom stereocenters. The Kier molecular flexibility index (Phi) is 7.96. The monoisotopic (exact) mass is 325 g/mol. The number of carboxylic acid groups (broad SMARTS) is 1. The Morgan fingerprint density at radius 2 is 1.91 bits per heavy atom. The van der Waals surface area contributed by atoms with Gasteiger partial charge in [-0.3, -0.25) is 9.59 Å². The van der Waals surface area contributed by atoms with Gasteiger partial charge in [0.1, 0.15) is 0 Å². The summed E-state index contributed by atoms with van der Waals surface area (Å²) in [7, 11) is 0. The van der Waals surface area contributed by atoms with E-state index >= 15 is 0 Å². The standard InChI is InChI=1S/C17H24ClNO3/c1-3-4-14(17(21)22)11-19-16(20)10-12(2)9-13-5-7-15(18)8-6-13/h5-8,12,14H,3-4,9-11H2,1-2H3,(H,19,20)(H,21,22). The van der Waals surface area contributed by atoms with Crippen LogP contribution in [0.5, 0.6) is 0 Å². The minimum Gasteiger partial charge on any atom is -0.481 e. The SMILES string of the molecule is CCCC(CNC(=O)CC(C)Cc1ccc(Cl)cc1)C(=O)O. The molecule has 0 saturated heterocycles. The van der Waals surface area contributed by atoms with E-state index in [9.17, 15) is 9.59 Å². The number of aliphatic carboxylic acids is 1. The molecule has 0 aliphatic heterocycles. The van der Waals surface area contributed by atoms with E-state index in [0.717, 1.165) is 18.4 Å². The Morgan fingerprint density at radius 1 is 1.27 bits per heavy atom. The molecule has 1 amide bonds. The van der Waals surface area contributed by atoms with Crippen molar-refractivity contribution in [2.24, 2.45) is 11.8 Å². The third kappa shape index (κ3) is 6.94. The van der Waals surface area contributed by atoms with Crippen LogP contribution in [0.25, 0.3) is 0 Å². The molecule has 0 aromatic heterocycles. The Bertz CT molecular complexity index is 487. The molecule has 0 aliphatic carbocycles. The first-order chi connectivity index (χ1) is 10.4. The van der Waals surface area contributed by atoms with E-state index in [4.69, 9.17) is 16.7 Å². The van der Waals surface area contributed by atoms with Crippen molar-refractivity contribution >= 4 is 23.5 Å². The number of amides is 1. The zero-order valence-corrected chi connectivity index (χ0v) is 13.9. The van der Waals surface area contributed by atoms with Gasteiger partial charge in [-0.1, -0.05) is 44.0 Å². The smallest absolute Gasteiger partial charge is 0.308 e. The molecule has 0 heterocycles. The minimum absolute atomic E-state index is 0.0937. The van der Waals surface area contributed by atoms with Gasteiger partial charge in [-0.25, -0.2) is 0 Å². The van der Waals surface area contributed by atoms with E-state index in [1.165, 1.54) is 0 Å². The highest BCUT2D eigenvalue weighted by molar-refractivity contribution is 6.30. The molecular formula is C17H24ClNO3. The molecule has 1 aromatic carbocycles. The molecule has 0 fully saturated rings. The van der Waals surface area contributed by atoms with Gasteiger partial charge < -0.3 is 10.4 Å². The Morgan fingerprint density at radius 3 is 2.45 bits per heavy atom. The summed E-state index contributed by atoms with van der Waals surface area (Å²) in [5.41, 5.74) is 1.14. The number of carbonyl (C=O) groups excluding carboxylic acids is 1. The van der Waals surface area contributed by atoms with Gasteiger partial charge in [0.15, 0.2) is 0 Å². The molecular weight excluding hydrogens is 302 g/mol. The molecule has 1 rings (SSSR count). The van der Waals surface area contributed by atoms with E-state index in [2.05, 4.69) is 5.32 Å². The van der Waals surface area contributed by atoms with Gasteiger partial charge in [-0.15, -0.1) is 0 Å². The second-order valence-corrected chi connectivity index (χ2v) is 6.20. The molecule has 22 heavy (non-hydrogen) atoms. The average Bonchev–Trinajstić information content (AvgIpc) is 2.45. The summed E-state index contributed by atoms with van der Waals surface area (Å²) in [5, 5.41) is 12.5. The maximum absolute atomic E-state index is 11.9. The van der Waals surface area contributed by atoms with Crippen molar-refractivity contribution in [2.75, 3.05) is 6.54 Å². The quantitative estimate of drug-likeness (QED) is 0.730. The molecule has 5 heteroatoms. The maximum atomic E-state index is 11.9. The Hall–Kier alpha value is -1.55. The molecule has 1 aromatic rings. The van der Waals surface area contributed by atoms with E-state index < -0.39 is 11.9 Å². The lowest BCUT2D eigenvalue weighted by atomic mass is 9.97. The lowest BCUT2D eigenvalue weighted by molar-refractivity contribution is -0.141. The largest absolute Gasteiger partial charge is 0.481 e. The summed E-state index contributed by atoms with van der Waals surface area (Å²) in [6.45, 7) is 4.15. The van der Waals surface area contributed by atoms with Gasteiger partial charge in [0, 0.05) is 18.0 Å². The number of halogens is 1. The molecule has 4 nitrogen and oxygen atoms in total. The summed E-state index contributed by atoms with van der Waals surface area (Å²) in [4.78, 5) is 22.9. The second-order valence-electron chi connectivity index (χ2n) is 5.77. The zero-order chi connectivity index (χ0) is 16.5. The molecule has 0 spiro atoms. The third-order valence-corrected chi connectivity index (χ3v) is 3.82. The summed E-state index contributed by atoms with van der Waals surface area (Å²) in [6.07, 6.45) is 2.55. The number of benzene rings is 1. The van der Waals surface area contributed by atoms with Gasteiger partial charge >= 0.3 is 5.97 Å². The number of hydrogen-bond acceptors (Lipinski definition) is 2. The van der Waals surface area contributed by atoms with Gasteiger partial charge in [-0.05, 0) is 36.5 Å². The van der Waals surface area contributed by atoms with Crippen LogP contribution in [0.1, 0.15) is 38.7 Å². The highest BCUT2D eigenvalue weighted by atomic mass is 35.5. The second kappa shape index (κ2) is 9.46. The Labute approximate surface area is 136 Å². The van der Waals surface area contributed by atoms with Gasteiger partial charge in [0.25, 0.3) is 0 Å². The number of hydrogen-bond donors (Lipinski definition) is 2. The first kappa shape index (κ1) is 18.5. The molecule has 0 radical (unpaired) electrons. The van der Waals surface area contributed by atoms with Crippen molar-refractivity contribution in [2.45, 2.75) is 39.5 Å². The third-order valence-electron chi connectivity index (χ3n) is 3.56. The highest BCUT2D eigenvalue weighted by Gasteiger charge is 2.18. The predicted molar refractivity (Wildman–Crippen MR) is 88.0 cm³/mol. The number of carbonyl (C=O) groups is 2. The highest BCUT2D eigenvalue weighted by Crippen LogP contribution is 2.15. The predicted octanol–water partition coefficient (Wildman–Crippen LogP) is 3.53. The van der Waals surface area contributed by atoms with E-state index in [1.54, 1.807) is 0 Å². The van der Waals surface area contributed by atoms with Crippen LogP contribution < -0.4 is 5.32 Å². The Balaban J connectivity index is 2.37. The molecule has 2 N–H and O–H groups in total. The van der Waals surface area contributed by atoms with Crippen molar-refractivity contribution in [3.05, 3.63) is 34.9 Å². The number of carboxylic acids is 1. The molecule has 0 bridgehead atoms. The van der Waals surface area contributed by atoms with Crippen molar-refractivity contribution in [1.82, 2.24) is 5.32 Å². The van der Waals surface area contributed by atoms with E-state index in [-0.39, 0.29) is 18.4 Å². The molecule has 122 valence electrons. The van der Waals surface area contributed by atoms with E-state index in [1.807, 2.05) is 38.1 Å². The van der Waals surface area contributed by atoms with Crippen molar-refractivity contribution in [1.29, 1.82) is 0 Å². The topological polar surface area (TPSA) is 66.4 Å². The van der Waals surface area contributed by atoms with Gasteiger partial charge in [0.05, 0.1) is 5.92 Å². The maximum Gasteiger partial charge on any atom is 0.308 e. The first-order valence-electron chi connectivity index (χ1n) is 7.66. The van der Waals surface area contributed by atoms with Crippen molar-refractivity contribution < 1.29 is 14.7 Å². The van der Waals surface area contributed by atoms with Crippen LogP contribution in [-0.2, 0) is 16.0 Å². The normalized spacial score (nSPS) is 13.4. The summed E-state index contributed by atoms with van der Waals surface area (Å²) >= 11 is 5.84. The summed E-state index contributed by atoms with van der Waals surface area (Å²) in [6, 6.07) is 7.59. The number of rotatable bonds is 9. The van der Waals surface area contributed by atoms with Crippen LogP contribution in [0.4, 0.5) is 0 Å². The summed E-state index contributed by atoms with van der Waals surface area (Å²) < 4.78 is 0. The van der Waals surface area contributed by atoms with Crippen LogP contribution in [0.15, 0.2) is 24.3 Å². The lowest BCUT2D eigenvalue weighted by Crippen LogP contribution is -2.33. The fourth-order valence-electron chi connectivity index (χ4n) is 2.38. The van der Waals surface area contributed by atoms with E-state index in [0.29, 0.717) is 17.9 Å². The zero-order valence-electron chi connectivity index (χ0n) is 13.1. The molecule has 0 aliphatic rings. The fourth-order valence-corrected chi connectivity index (χ4v) is 2.51. The van der Waals surface area contributed by atoms with Crippen LogP contribution in [0, 0.1) is 11.8 Å². The van der Waals surface area contributed by atoms with Crippen LogP contribution in [0.3, 0.4) is 0 Å². The van der Waals surface area contributed by atoms with Crippen LogP contribution in [0.2, 0.25) is 5.02 Å². The van der Waals surface area contributed by atoms with Crippen molar-refractivity contribution in [3.63, 3.8) is 0 Å². The van der Waals surface area contributed by atoms with Crippen molar-refractivity contribution in [3.8, 4) is 0 Å². The number of nitrogens with one attached hydrogen (secondary N) is 1. The lowest BCUT2D eigenvalue weighted by Gasteiger charge is -2.15. The van der Waals surface area contributed by atoms with Gasteiger partial charge in [0.2, 0.25) is 5.91 Å². The molecule has 2 atom stereocenters. The molecule has 0 saturated carbocycles. The first-order valence-corrected chi connectivity index (χ1v) is 8.04. The minimum atomic E-state index is -0.851. The van der Waals surface area contributed by atoms with Crippen LogP contribution >= 0.6 is 11.6 Å². The summed E-state index contributed by atoms with van der Waals surface area (Å²) in [5.74, 6) is -1.25. The average molecular weight is 326 g/mol. The van der Waals surface area contributed by atoms with Crippen LogP contribution in [-0.4, -0.2) is 23.5 Å². The fraction of sp³-hybridized carbons (Fsp3) is 0.529. The van der Waals surface area contributed by atoms with Gasteiger partial charge in [-0.2, -0.15) is 0 Å².